The van der Waals surface area contributed by atoms with E-state index < -0.39 is 23.4 Å². The molecule has 1 saturated heterocycles. The van der Waals surface area contributed by atoms with Gasteiger partial charge in [0, 0.05) is 12.8 Å². The summed E-state index contributed by atoms with van der Waals surface area (Å²) in [6.45, 7) is 4.27. The maximum absolute atomic E-state index is 12.0. The van der Waals surface area contributed by atoms with Gasteiger partial charge in [-0.05, 0) is 60.8 Å². The van der Waals surface area contributed by atoms with Gasteiger partial charge in [-0.15, -0.1) is 0 Å². The van der Waals surface area contributed by atoms with Gasteiger partial charge in [-0.25, -0.2) is 0 Å². The van der Waals surface area contributed by atoms with Gasteiger partial charge in [-0.2, -0.15) is 0 Å². The lowest BCUT2D eigenvalue weighted by molar-refractivity contribution is -0.380. The van der Waals surface area contributed by atoms with Crippen molar-refractivity contribution in [2.45, 2.75) is 75.8 Å². The summed E-state index contributed by atoms with van der Waals surface area (Å²) < 4.78 is 6.12. The number of carbonyl (C=O) groups excluding carboxylic acids is 1. The topological polar surface area (TPSA) is 87.0 Å². The number of allylic oxidation sites excluding steroid dienone is 1. The molecule has 0 radical (unpaired) electrons. The first-order valence-electron chi connectivity index (χ1n) is 10.2. The maximum atomic E-state index is 12.0. The monoisotopic (exact) mass is 362 g/mol. The van der Waals surface area contributed by atoms with Gasteiger partial charge in [0.1, 0.15) is 17.3 Å². The molecule has 0 aromatic carbocycles. The Kier molecular flexibility index (Phi) is 3.47. The summed E-state index contributed by atoms with van der Waals surface area (Å²) in [5, 5.41) is 32.0. The van der Waals surface area contributed by atoms with Crippen molar-refractivity contribution in [3.63, 3.8) is 0 Å². The zero-order valence-electron chi connectivity index (χ0n) is 15.6. The lowest BCUT2D eigenvalue weighted by Crippen LogP contribution is -2.78. The molecule has 4 fully saturated rings. The number of ketones is 1. The molecule has 9 unspecified atom stereocenters. The Bertz CT molecular complexity index is 688. The number of carbonyl (C=O) groups is 1. The van der Waals surface area contributed by atoms with Crippen LogP contribution in [0.1, 0.15) is 52.4 Å². The maximum Gasteiger partial charge on any atom is 0.155 e. The van der Waals surface area contributed by atoms with Gasteiger partial charge in [-0.1, -0.05) is 19.4 Å². The van der Waals surface area contributed by atoms with Crippen LogP contribution >= 0.6 is 0 Å². The molecule has 0 aromatic rings. The summed E-state index contributed by atoms with van der Waals surface area (Å²) >= 11 is 0. The summed E-state index contributed by atoms with van der Waals surface area (Å²) in [4.78, 5) is 12.0. The van der Waals surface area contributed by atoms with Crippen LogP contribution in [0.15, 0.2) is 11.6 Å². The third kappa shape index (κ3) is 1.79. The number of fused-ring (bicyclic) bond motifs is 4. The summed E-state index contributed by atoms with van der Waals surface area (Å²) in [5.74, 6) is 1.16. The molecule has 1 heterocycles. The van der Waals surface area contributed by atoms with Crippen LogP contribution in [0.3, 0.4) is 0 Å². The average Bonchev–Trinajstić information content (AvgIpc) is 2.80. The molecule has 0 aromatic heterocycles. The summed E-state index contributed by atoms with van der Waals surface area (Å²) in [7, 11) is 0. The van der Waals surface area contributed by atoms with Crippen molar-refractivity contribution in [1.82, 2.24) is 0 Å². The van der Waals surface area contributed by atoms with E-state index in [-0.39, 0.29) is 35.6 Å². The second-order valence-electron chi connectivity index (χ2n) is 9.83. The third-order valence-corrected chi connectivity index (χ3v) is 8.88. The Balaban J connectivity index is 1.56. The zero-order chi connectivity index (χ0) is 18.5. The minimum absolute atomic E-state index is 0.118. The van der Waals surface area contributed by atoms with Crippen molar-refractivity contribution < 1.29 is 24.9 Å². The second kappa shape index (κ2) is 5.19. The molecule has 4 aliphatic carbocycles. The van der Waals surface area contributed by atoms with E-state index in [4.69, 9.17) is 4.74 Å². The standard InChI is InChI=1S/C21H30O5/c1-11-7-13-14-4-6-20(25)17(10-22)26-21(14,20)9-16(24)18(13)19(2)5-3-12(23)8-15(11)19/h8,11,13-14,16-18,22,24-25H,3-7,9-10H2,1-2H3. The molecule has 1 aliphatic heterocycles. The van der Waals surface area contributed by atoms with Crippen LogP contribution in [0.4, 0.5) is 0 Å². The van der Waals surface area contributed by atoms with Crippen molar-refractivity contribution in [3.05, 3.63) is 11.6 Å². The van der Waals surface area contributed by atoms with Crippen molar-refractivity contribution in [1.29, 1.82) is 0 Å². The summed E-state index contributed by atoms with van der Waals surface area (Å²) in [6.07, 6.45) is 5.07. The Morgan fingerprint density at radius 2 is 2.12 bits per heavy atom. The highest BCUT2D eigenvalue weighted by molar-refractivity contribution is 5.91. The fourth-order valence-corrected chi connectivity index (χ4v) is 7.90. The van der Waals surface area contributed by atoms with Crippen LogP contribution in [0.5, 0.6) is 0 Å². The molecular formula is C21H30O5. The molecule has 144 valence electrons. The molecule has 3 saturated carbocycles. The van der Waals surface area contributed by atoms with E-state index in [9.17, 15) is 20.1 Å². The van der Waals surface area contributed by atoms with Crippen molar-refractivity contribution in [2.24, 2.45) is 29.1 Å². The molecule has 26 heavy (non-hydrogen) atoms. The van der Waals surface area contributed by atoms with Gasteiger partial charge in [0.25, 0.3) is 0 Å². The van der Waals surface area contributed by atoms with Gasteiger partial charge in [0.05, 0.1) is 12.7 Å². The molecule has 5 rings (SSSR count). The van der Waals surface area contributed by atoms with Gasteiger partial charge < -0.3 is 20.1 Å². The van der Waals surface area contributed by atoms with Gasteiger partial charge in [0.2, 0.25) is 0 Å². The smallest absolute Gasteiger partial charge is 0.155 e. The fraction of sp³-hybridized carbons (Fsp3) is 0.857. The van der Waals surface area contributed by atoms with Crippen LogP contribution in [-0.4, -0.2) is 51.1 Å². The predicted molar refractivity (Wildman–Crippen MR) is 94.2 cm³/mol. The number of ether oxygens (including phenoxy) is 1. The van der Waals surface area contributed by atoms with Crippen molar-refractivity contribution in [2.75, 3.05) is 6.61 Å². The molecule has 0 amide bonds. The Morgan fingerprint density at radius 3 is 2.85 bits per heavy atom. The highest BCUT2D eigenvalue weighted by atomic mass is 16.6. The molecule has 0 bridgehead atoms. The molecule has 5 heteroatoms. The van der Waals surface area contributed by atoms with Gasteiger partial charge >= 0.3 is 0 Å². The Hall–Kier alpha value is -0.750. The molecule has 5 nitrogen and oxygen atoms in total. The van der Waals surface area contributed by atoms with E-state index in [0.29, 0.717) is 25.2 Å². The first kappa shape index (κ1) is 17.4. The molecule has 1 spiro atoms. The van der Waals surface area contributed by atoms with Crippen LogP contribution in [-0.2, 0) is 9.53 Å². The first-order chi connectivity index (χ1) is 12.3. The fourth-order valence-electron chi connectivity index (χ4n) is 7.90. The van der Waals surface area contributed by atoms with Gasteiger partial charge in [-0.3, -0.25) is 4.79 Å². The average molecular weight is 362 g/mol. The largest absolute Gasteiger partial charge is 0.394 e. The SMILES string of the molecule is CC1CC2C(C(O)CC34OC(CO)C3(O)CCC24)C2(C)CCC(=O)C=C12. The molecule has 9 atom stereocenters. The highest BCUT2D eigenvalue weighted by Crippen LogP contribution is 2.70. The van der Waals surface area contributed by atoms with E-state index in [1.165, 1.54) is 5.57 Å². The number of hydrogen-bond donors (Lipinski definition) is 3. The van der Waals surface area contributed by atoms with Crippen molar-refractivity contribution >= 4 is 5.78 Å². The van der Waals surface area contributed by atoms with E-state index in [1.807, 2.05) is 6.08 Å². The van der Waals surface area contributed by atoms with Crippen LogP contribution in [0, 0.1) is 29.1 Å². The number of aliphatic hydroxyl groups excluding tert-OH is 2. The Labute approximate surface area is 154 Å². The van der Waals surface area contributed by atoms with E-state index in [0.717, 1.165) is 19.3 Å². The van der Waals surface area contributed by atoms with E-state index in [2.05, 4.69) is 13.8 Å². The van der Waals surface area contributed by atoms with Crippen LogP contribution < -0.4 is 0 Å². The third-order valence-electron chi connectivity index (χ3n) is 8.88. The zero-order valence-corrected chi connectivity index (χ0v) is 15.6. The second-order valence-corrected chi connectivity index (χ2v) is 9.83. The molecule has 5 aliphatic rings. The minimum Gasteiger partial charge on any atom is -0.394 e. The molecular weight excluding hydrogens is 332 g/mol. The Morgan fingerprint density at radius 1 is 1.35 bits per heavy atom. The van der Waals surface area contributed by atoms with E-state index >= 15 is 0 Å². The predicted octanol–water partition coefficient (Wildman–Crippen LogP) is 1.59. The molecule has 3 N–H and O–H groups in total. The summed E-state index contributed by atoms with van der Waals surface area (Å²) in [5.41, 5.74) is -0.608. The van der Waals surface area contributed by atoms with Crippen LogP contribution in [0.2, 0.25) is 0 Å². The van der Waals surface area contributed by atoms with Gasteiger partial charge in [0.15, 0.2) is 5.78 Å². The minimum atomic E-state index is -0.999. The quantitative estimate of drug-likeness (QED) is 0.659. The van der Waals surface area contributed by atoms with Crippen molar-refractivity contribution in [3.8, 4) is 0 Å². The number of aliphatic hydroxyl groups is 3. The lowest BCUT2D eigenvalue weighted by Gasteiger charge is -2.67. The van der Waals surface area contributed by atoms with Crippen LogP contribution in [0.25, 0.3) is 0 Å². The number of hydrogen-bond acceptors (Lipinski definition) is 5. The first-order valence-corrected chi connectivity index (χ1v) is 10.2. The van der Waals surface area contributed by atoms with E-state index in [1.54, 1.807) is 0 Å². The number of rotatable bonds is 1. The highest BCUT2D eigenvalue weighted by Gasteiger charge is 2.77. The lowest BCUT2D eigenvalue weighted by atomic mass is 9.45. The normalized spacial score (nSPS) is 58.0. The summed E-state index contributed by atoms with van der Waals surface area (Å²) in [6, 6.07) is 0.